The zero-order valence-electron chi connectivity index (χ0n) is 13.9. The Hall–Kier alpha value is -1.88. The van der Waals surface area contributed by atoms with Gasteiger partial charge in [0.25, 0.3) is 5.91 Å². The molecule has 0 saturated heterocycles. The van der Waals surface area contributed by atoms with E-state index in [-0.39, 0.29) is 18.2 Å². The molecule has 1 saturated carbocycles. The van der Waals surface area contributed by atoms with E-state index in [2.05, 4.69) is 10.6 Å². The Balaban J connectivity index is 1.99. The highest BCUT2D eigenvalue weighted by Gasteiger charge is 2.31. The SMILES string of the molecule is CCNC(=O)c1ccc(NC(=O)CC2(O)CCCCC2)c(C)c1. The van der Waals surface area contributed by atoms with Crippen molar-refractivity contribution in [2.24, 2.45) is 0 Å². The van der Waals surface area contributed by atoms with Crippen LogP contribution in [0.4, 0.5) is 5.69 Å². The second kappa shape index (κ2) is 7.59. The molecule has 1 fully saturated rings. The van der Waals surface area contributed by atoms with E-state index in [9.17, 15) is 14.7 Å². The summed E-state index contributed by atoms with van der Waals surface area (Å²) in [6, 6.07) is 5.20. The fourth-order valence-electron chi connectivity index (χ4n) is 3.09. The topological polar surface area (TPSA) is 78.4 Å². The summed E-state index contributed by atoms with van der Waals surface area (Å²) in [6.07, 6.45) is 4.59. The standard InChI is InChI=1S/C18H26N2O3/c1-3-19-17(22)14-7-8-15(13(2)11-14)20-16(21)12-18(23)9-5-4-6-10-18/h7-8,11,23H,3-6,9-10,12H2,1-2H3,(H,19,22)(H,20,21). The number of hydrogen-bond donors (Lipinski definition) is 3. The number of rotatable bonds is 5. The van der Waals surface area contributed by atoms with E-state index >= 15 is 0 Å². The predicted octanol–water partition coefficient (Wildman–Crippen LogP) is 2.77. The normalized spacial score (nSPS) is 16.7. The molecule has 3 N–H and O–H groups in total. The number of anilines is 1. The van der Waals surface area contributed by atoms with Gasteiger partial charge in [-0.25, -0.2) is 0 Å². The number of carbonyl (C=O) groups is 2. The van der Waals surface area contributed by atoms with Gasteiger partial charge in [0.2, 0.25) is 5.91 Å². The maximum absolute atomic E-state index is 12.2. The van der Waals surface area contributed by atoms with E-state index in [0.29, 0.717) is 30.6 Å². The largest absolute Gasteiger partial charge is 0.389 e. The Morgan fingerprint density at radius 1 is 1.22 bits per heavy atom. The second-order valence-electron chi connectivity index (χ2n) is 6.40. The van der Waals surface area contributed by atoms with Crippen molar-refractivity contribution in [3.63, 3.8) is 0 Å². The van der Waals surface area contributed by atoms with Crippen molar-refractivity contribution in [3.05, 3.63) is 29.3 Å². The monoisotopic (exact) mass is 318 g/mol. The Morgan fingerprint density at radius 3 is 2.52 bits per heavy atom. The van der Waals surface area contributed by atoms with Crippen molar-refractivity contribution in [1.82, 2.24) is 5.32 Å². The highest BCUT2D eigenvalue weighted by molar-refractivity contribution is 5.96. The molecule has 126 valence electrons. The molecule has 0 bridgehead atoms. The summed E-state index contributed by atoms with van der Waals surface area (Å²) in [4.78, 5) is 24.0. The van der Waals surface area contributed by atoms with Gasteiger partial charge in [0.15, 0.2) is 0 Å². The highest BCUT2D eigenvalue weighted by Crippen LogP contribution is 2.31. The Bertz CT molecular complexity index is 578. The molecule has 2 rings (SSSR count). The van der Waals surface area contributed by atoms with Gasteiger partial charge in [-0.05, 0) is 50.5 Å². The van der Waals surface area contributed by atoms with Crippen molar-refractivity contribution in [1.29, 1.82) is 0 Å². The van der Waals surface area contributed by atoms with Gasteiger partial charge in [0, 0.05) is 17.8 Å². The van der Waals surface area contributed by atoms with E-state index in [4.69, 9.17) is 0 Å². The Kier molecular flexibility index (Phi) is 5.77. The van der Waals surface area contributed by atoms with E-state index < -0.39 is 5.60 Å². The van der Waals surface area contributed by atoms with Crippen molar-refractivity contribution in [3.8, 4) is 0 Å². The van der Waals surface area contributed by atoms with Gasteiger partial charge < -0.3 is 15.7 Å². The van der Waals surface area contributed by atoms with Crippen LogP contribution in [0.2, 0.25) is 0 Å². The third-order valence-electron chi connectivity index (χ3n) is 4.37. The minimum Gasteiger partial charge on any atom is -0.389 e. The quantitative estimate of drug-likeness (QED) is 0.781. The number of aryl methyl sites for hydroxylation is 1. The molecule has 0 unspecified atom stereocenters. The molecule has 0 spiro atoms. The average molecular weight is 318 g/mol. The molecular formula is C18H26N2O3. The van der Waals surface area contributed by atoms with Crippen LogP contribution in [0.5, 0.6) is 0 Å². The third kappa shape index (κ3) is 4.79. The van der Waals surface area contributed by atoms with Crippen LogP contribution in [0.15, 0.2) is 18.2 Å². The molecule has 0 heterocycles. The lowest BCUT2D eigenvalue weighted by Crippen LogP contribution is -2.36. The Labute approximate surface area is 137 Å². The molecule has 0 atom stereocenters. The Morgan fingerprint density at radius 2 is 1.91 bits per heavy atom. The summed E-state index contributed by atoms with van der Waals surface area (Å²) < 4.78 is 0. The number of aliphatic hydroxyl groups is 1. The summed E-state index contributed by atoms with van der Waals surface area (Å²) in [5, 5.41) is 16.1. The molecule has 5 heteroatoms. The van der Waals surface area contributed by atoms with Crippen LogP contribution in [0.1, 0.15) is 61.4 Å². The first-order chi connectivity index (χ1) is 10.9. The van der Waals surface area contributed by atoms with E-state index in [0.717, 1.165) is 24.8 Å². The summed E-state index contributed by atoms with van der Waals surface area (Å²) in [7, 11) is 0. The van der Waals surface area contributed by atoms with Crippen LogP contribution in [-0.2, 0) is 4.79 Å². The van der Waals surface area contributed by atoms with Gasteiger partial charge in [-0.1, -0.05) is 19.3 Å². The van der Waals surface area contributed by atoms with E-state index in [1.807, 2.05) is 13.8 Å². The van der Waals surface area contributed by atoms with Crippen molar-refractivity contribution in [2.45, 2.75) is 58.0 Å². The summed E-state index contributed by atoms with van der Waals surface area (Å²) in [5.41, 5.74) is 1.23. The molecule has 5 nitrogen and oxygen atoms in total. The first kappa shape index (κ1) is 17.5. The number of benzene rings is 1. The second-order valence-corrected chi connectivity index (χ2v) is 6.40. The molecule has 23 heavy (non-hydrogen) atoms. The smallest absolute Gasteiger partial charge is 0.251 e. The molecule has 1 aromatic rings. The fourth-order valence-corrected chi connectivity index (χ4v) is 3.09. The van der Waals surface area contributed by atoms with E-state index in [1.165, 1.54) is 0 Å². The first-order valence-electron chi connectivity index (χ1n) is 8.34. The van der Waals surface area contributed by atoms with E-state index in [1.54, 1.807) is 18.2 Å². The number of amides is 2. The van der Waals surface area contributed by atoms with Gasteiger partial charge >= 0.3 is 0 Å². The van der Waals surface area contributed by atoms with Crippen LogP contribution in [0.25, 0.3) is 0 Å². The molecule has 0 radical (unpaired) electrons. The highest BCUT2D eigenvalue weighted by atomic mass is 16.3. The van der Waals surface area contributed by atoms with Crippen molar-refractivity contribution < 1.29 is 14.7 Å². The molecule has 0 aromatic heterocycles. The fraction of sp³-hybridized carbons (Fsp3) is 0.556. The zero-order chi connectivity index (χ0) is 16.9. The molecule has 2 amide bonds. The third-order valence-corrected chi connectivity index (χ3v) is 4.37. The lowest BCUT2D eigenvalue weighted by atomic mass is 9.82. The van der Waals surface area contributed by atoms with Crippen LogP contribution < -0.4 is 10.6 Å². The molecular weight excluding hydrogens is 292 g/mol. The molecule has 1 aromatic carbocycles. The van der Waals surface area contributed by atoms with Crippen LogP contribution in [0, 0.1) is 6.92 Å². The molecule has 1 aliphatic rings. The minimum absolute atomic E-state index is 0.120. The molecule has 1 aliphatic carbocycles. The summed E-state index contributed by atoms with van der Waals surface area (Å²) >= 11 is 0. The van der Waals surface area contributed by atoms with Gasteiger partial charge in [0.1, 0.15) is 0 Å². The van der Waals surface area contributed by atoms with Crippen molar-refractivity contribution >= 4 is 17.5 Å². The maximum Gasteiger partial charge on any atom is 0.251 e. The van der Waals surface area contributed by atoms with Crippen molar-refractivity contribution in [2.75, 3.05) is 11.9 Å². The number of hydrogen-bond acceptors (Lipinski definition) is 3. The lowest BCUT2D eigenvalue weighted by molar-refractivity contribution is -0.122. The first-order valence-corrected chi connectivity index (χ1v) is 8.34. The summed E-state index contributed by atoms with van der Waals surface area (Å²) in [5.74, 6) is -0.298. The van der Waals surface area contributed by atoms with Crippen LogP contribution in [-0.4, -0.2) is 29.1 Å². The van der Waals surface area contributed by atoms with Crippen LogP contribution in [0.3, 0.4) is 0 Å². The van der Waals surface area contributed by atoms with Gasteiger partial charge in [0.05, 0.1) is 12.0 Å². The average Bonchev–Trinajstić information content (AvgIpc) is 2.49. The molecule has 0 aliphatic heterocycles. The van der Waals surface area contributed by atoms with Gasteiger partial charge in [-0.3, -0.25) is 9.59 Å². The maximum atomic E-state index is 12.2. The lowest BCUT2D eigenvalue weighted by Gasteiger charge is -2.31. The van der Waals surface area contributed by atoms with Gasteiger partial charge in [-0.2, -0.15) is 0 Å². The number of carbonyl (C=O) groups excluding carboxylic acids is 2. The minimum atomic E-state index is -0.864. The van der Waals surface area contributed by atoms with Crippen LogP contribution >= 0.6 is 0 Å². The predicted molar refractivity (Wildman–Crippen MR) is 90.5 cm³/mol. The summed E-state index contributed by atoms with van der Waals surface area (Å²) in [6.45, 7) is 4.30. The number of nitrogens with one attached hydrogen (secondary N) is 2. The zero-order valence-corrected chi connectivity index (χ0v) is 13.9. The van der Waals surface area contributed by atoms with Gasteiger partial charge in [-0.15, -0.1) is 0 Å².